The van der Waals surface area contributed by atoms with Crippen molar-refractivity contribution in [1.29, 1.82) is 0 Å². The maximum absolute atomic E-state index is 9.47. The van der Waals surface area contributed by atoms with Crippen LogP contribution in [0.4, 0.5) is 0 Å². The van der Waals surface area contributed by atoms with Crippen molar-refractivity contribution >= 4 is 17.8 Å². The van der Waals surface area contributed by atoms with Crippen LogP contribution >= 0.6 is 0 Å². The standard InChI is InChI=1S/C21H17NO/c1-17(20-7-3-2-4-8-20)22-14-12-18(13-15-22)10-11-19-6-5-9-21(23)16-19/h2-16H,1H2/p+1/b11-10+. The van der Waals surface area contributed by atoms with Crippen molar-refractivity contribution in [2.75, 3.05) is 0 Å². The van der Waals surface area contributed by atoms with Crippen LogP contribution in [-0.4, -0.2) is 5.11 Å². The Balaban J connectivity index is 1.76. The first-order valence-electron chi connectivity index (χ1n) is 7.45. The fourth-order valence-electron chi connectivity index (χ4n) is 2.33. The van der Waals surface area contributed by atoms with E-state index in [1.807, 2.05) is 83.7 Å². The van der Waals surface area contributed by atoms with E-state index in [-0.39, 0.29) is 5.75 Å². The molecule has 112 valence electrons. The molecule has 1 N–H and O–H groups in total. The molecule has 0 spiro atoms. The molecule has 0 aliphatic carbocycles. The Morgan fingerprint density at radius 2 is 1.52 bits per heavy atom. The average Bonchev–Trinajstić information content (AvgIpc) is 2.61. The molecule has 3 aromatic rings. The second kappa shape index (κ2) is 6.75. The Hall–Kier alpha value is -3.13. The molecule has 0 saturated heterocycles. The Bertz CT molecular complexity index is 833. The Kier molecular flexibility index (Phi) is 4.34. The van der Waals surface area contributed by atoms with E-state index < -0.39 is 0 Å². The minimum absolute atomic E-state index is 0.275. The molecule has 0 fully saturated rings. The van der Waals surface area contributed by atoms with Gasteiger partial charge in [0.15, 0.2) is 12.4 Å². The summed E-state index contributed by atoms with van der Waals surface area (Å²) in [5.74, 6) is 0.275. The number of hydrogen-bond acceptors (Lipinski definition) is 1. The third kappa shape index (κ3) is 3.74. The minimum Gasteiger partial charge on any atom is -0.508 e. The van der Waals surface area contributed by atoms with Gasteiger partial charge in [0.05, 0.1) is 0 Å². The number of pyridine rings is 1. The summed E-state index contributed by atoms with van der Waals surface area (Å²) in [5.41, 5.74) is 4.09. The van der Waals surface area contributed by atoms with Gasteiger partial charge < -0.3 is 5.11 Å². The number of nitrogens with zero attached hydrogens (tertiary/aromatic N) is 1. The summed E-state index contributed by atoms with van der Waals surface area (Å²) < 4.78 is 2.00. The van der Waals surface area contributed by atoms with Gasteiger partial charge in [-0.3, -0.25) is 0 Å². The number of phenolic OH excluding ortho intramolecular Hbond substituents is 1. The lowest BCUT2D eigenvalue weighted by Gasteiger charge is -2.00. The van der Waals surface area contributed by atoms with Crippen LogP contribution in [0.3, 0.4) is 0 Å². The van der Waals surface area contributed by atoms with E-state index in [1.54, 1.807) is 12.1 Å². The predicted molar refractivity (Wildman–Crippen MR) is 94.5 cm³/mol. The molecule has 0 aliphatic rings. The molecule has 0 amide bonds. The third-order valence-electron chi connectivity index (χ3n) is 3.61. The predicted octanol–water partition coefficient (Wildman–Crippen LogP) is 4.37. The summed E-state index contributed by atoms with van der Waals surface area (Å²) >= 11 is 0. The van der Waals surface area contributed by atoms with E-state index in [0.29, 0.717) is 0 Å². The van der Waals surface area contributed by atoms with Crippen LogP contribution in [-0.2, 0) is 0 Å². The minimum atomic E-state index is 0.275. The quantitative estimate of drug-likeness (QED) is 0.711. The molecule has 0 unspecified atom stereocenters. The summed E-state index contributed by atoms with van der Waals surface area (Å²) in [5, 5.41) is 9.47. The highest BCUT2D eigenvalue weighted by Crippen LogP contribution is 2.14. The van der Waals surface area contributed by atoms with Crippen LogP contribution in [0.15, 0.2) is 85.7 Å². The summed E-state index contributed by atoms with van der Waals surface area (Å²) in [4.78, 5) is 0. The summed E-state index contributed by atoms with van der Waals surface area (Å²) in [6, 6.07) is 21.4. The van der Waals surface area contributed by atoms with Crippen molar-refractivity contribution in [2.45, 2.75) is 0 Å². The summed E-state index contributed by atoms with van der Waals surface area (Å²) in [6.45, 7) is 4.15. The number of aromatic nitrogens is 1. The molecule has 0 aliphatic heterocycles. The van der Waals surface area contributed by atoms with Gasteiger partial charge in [-0.25, -0.2) is 0 Å². The van der Waals surface area contributed by atoms with Gasteiger partial charge in [-0.1, -0.05) is 42.5 Å². The van der Waals surface area contributed by atoms with E-state index >= 15 is 0 Å². The molecule has 1 aromatic heterocycles. The molecule has 0 atom stereocenters. The monoisotopic (exact) mass is 300 g/mol. The first-order valence-corrected chi connectivity index (χ1v) is 7.45. The second-order valence-electron chi connectivity index (χ2n) is 5.28. The zero-order valence-electron chi connectivity index (χ0n) is 12.8. The van der Waals surface area contributed by atoms with Gasteiger partial charge in [0.2, 0.25) is 5.70 Å². The number of aromatic hydroxyl groups is 1. The fourth-order valence-corrected chi connectivity index (χ4v) is 2.33. The number of benzene rings is 2. The highest BCUT2D eigenvalue weighted by molar-refractivity contribution is 5.69. The maximum atomic E-state index is 9.47. The molecule has 1 heterocycles. The van der Waals surface area contributed by atoms with Gasteiger partial charge in [0.25, 0.3) is 0 Å². The number of phenols is 1. The molecular weight excluding hydrogens is 282 g/mol. The van der Waals surface area contributed by atoms with Crippen LogP contribution in [0, 0.1) is 0 Å². The van der Waals surface area contributed by atoms with E-state index in [9.17, 15) is 5.11 Å². The maximum Gasteiger partial charge on any atom is 0.210 e. The van der Waals surface area contributed by atoms with E-state index in [2.05, 4.69) is 6.58 Å². The van der Waals surface area contributed by atoms with Crippen molar-refractivity contribution in [2.24, 2.45) is 0 Å². The SMILES string of the molecule is C=C(c1ccccc1)[n+]1ccc(/C=C/c2cccc(O)c2)cc1. The molecule has 23 heavy (non-hydrogen) atoms. The lowest BCUT2D eigenvalue weighted by Crippen LogP contribution is -2.31. The van der Waals surface area contributed by atoms with Crippen molar-refractivity contribution in [3.63, 3.8) is 0 Å². The van der Waals surface area contributed by atoms with E-state index in [4.69, 9.17) is 0 Å². The number of hydrogen-bond donors (Lipinski definition) is 1. The van der Waals surface area contributed by atoms with Gasteiger partial charge in [-0.2, -0.15) is 4.57 Å². The van der Waals surface area contributed by atoms with Crippen LogP contribution in [0.5, 0.6) is 5.75 Å². The molecular formula is C21H18NO+. The van der Waals surface area contributed by atoms with Crippen LogP contribution in [0.2, 0.25) is 0 Å². The van der Waals surface area contributed by atoms with Crippen molar-refractivity contribution in [1.82, 2.24) is 0 Å². The molecule has 2 heteroatoms. The van der Waals surface area contributed by atoms with Gasteiger partial charge in [-0.05, 0) is 42.0 Å². The second-order valence-corrected chi connectivity index (χ2v) is 5.28. The number of rotatable bonds is 4. The zero-order valence-corrected chi connectivity index (χ0v) is 12.8. The van der Waals surface area contributed by atoms with Crippen LogP contribution in [0.25, 0.3) is 17.8 Å². The van der Waals surface area contributed by atoms with Crippen LogP contribution in [0.1, 0.15) is 16.7 Å². The summed E-state index contributed by atoms with van der Waals surface area (Å²) in [7, 11) is 0. The smallest absolute Gasteiger partial charge is 0.210 e. The van der Waals surface area contributed by atoms with Gasteiger partial charge in [0, 0.05) is 17.7 Å². The molecule has 0 saturated carbocycles. The highest BCUT2D eigenvalue weighted by Gasteiger charge is 2.08. The zero-order chi connectivity index (χ0) is 16.1. The molecule has 0 bridgehead atoms. The van der Waals surface area contributed by atoms with Crippen molar-refractivity contribution < 1.29 is 9.67 Å². The van der Waals surface area contributed by atoms with Gasteiger partial charge in [0.1, 0.15) is 5.75 Å². The fraction of sp³-hybridized carbons (Fsp3) is 0. The summed E-state index contributed by atoms with van der Waals surface area (Å²) in [6.07, 6.45) is 7.99. The third-order valence-corrected chi connectivity index (χ3v) is 3.61. The lowest BCUT2D eigenvalue weighted by atomic mass is 10.1. The Morgan fingerprint density at radius 3 is 2.22 bits per heavy atom. The van der Waals surface area contributed by atoms with E-state index in [1.165, 1.54) is 0 Å². The average molecular weight is 300 g/mol. The molecule has 3 rings (SSSR count). The highest BCUT2D eigenvalue weighted by atomic mass is 16.3. The van der Waals surface area contributed by atoms with Crippen molar-refractivity contribution in [3.8, 4) is 5.75 Å². The first kappa shape index (κ1) is 14.8. The topological polar surface area (TPSA) is 24.1 Å². The van der Waals surface area contributed by atoms with Gasteiger partial charge >= 0.3 is 0 Å². The molecule has 0 radical (unpaired) electrons. The van der Waals surface area contributed by atoms with Crippen LogP contribution < -0.4 is 4.57 Å². The Labute approximate surface area is 136 Å². The normalized spacial score (nSPS) is 10.8. The largest absolute Gasteiger partial charge is 0.508 e. The molecule has 2 nitrogen and oxygen atoms in total. The Morgan fingerprint density at radius 1 is 0.826 bits per heavy atom. The van der Waals surface area contributed by atoms with Crippen molar-refractivity contribution in [3.05, 3.63) is 102 Å². The first-order chi connectivity index (χ1) is 11.2. The molecule has 2 aromatic carbocycles. The lowest BCUT2D eigenvalue weighted by molar-refractivity contribution is -0.578. The van der Waals surface area contributed by atoms with E-state index in [0.717, 1.165) is 22.4 Å². The van der Waals surface area contributed by atoms with Gasteiger partial charge in [-0.15, -0.1) is 0 Å².